The van der Waals surface area contributed by atoms with E-state index in [0.29, 0.717) is 5.56 Å². The predicted octanol–water partition coefficient (Wildman–Crippen LogP) is 4.19. The van der Waals surface area contributed by atoms with Crippen LogP contribution in [-0.2, 0) is 0 Å². The molecule has 0 saturated heterocycles. The average Bonchev–Trinajstić information content (AvgIpc) is 2.46. The smallest absolute Gasteiger partial charge is 0.406 e. The molecule has 1 amide bonds. The highest BCUT2D eigenvalue weighted by molar-refractivity contribution is 6.05. The van der Waals surface area contributed by atoms with Gasteiger partial charge in [0.15, 0.2) is 0 Å². The van der Waals surface area contributed by atoms with Crippen molar-refractivity contribution in [3.8, 4) is 5.75 Å². The summed E-state index contributed by atoms with van der Waals surface area (Å²) in [4.78, 5) is 12.2. The van der Waals surface area contributed by atoms with E-state index in [4.69, 9.17) is 0 Å². The van der Waals surface area contributed by atoms with E-state index < -0.39 is 18.0 Å². The quantitative estimate of drug-likeness (QED) is 0.887. The second kappa shape index (κ2) is 6.60. The van der Waals surface area contributed by atoms with Gasteiger partial charge in [-0.25, -0.2) is 0 Å². The van der Waals surface area contributed by atoms with Crippen molar-refractivity contribution in [2.24, 2.45) is 0 Å². The van der Waals surface area contributed by atoms with Gasteiger partial charge in [-0.3, -0.25) is 4.79 Å². The number of ether oxygens (including phenoxy) is 1. The van der Waals surface area contributed by atoms with Crippen LogP contribution < -0.4 is 15.4 Å². The molecule has 0 aliphatic carbocycles. The maximum Gasteiger partial charge on any atom is 0.573 e. The molecule has 7 heteroatoms. The Morgan fingerprint density at radius 2 is 1.87 bits per heavy atom. The monoisotopic (exact) mass is 324 g/mol. The Hall–Kier alpha value is -2.70. The zero-order chi connectivity index (χ0) is 17.0. The molecule has 2 aromatic rings. The van der Waals surface area contributed by atoms with Crippen molar-refractivity contribution >= 4 is 17.3 Å². The lowest BCUT2D eigenvalue weighted by Crippen LogP contribution is -2.17. The highest BCUT2D eigenvalue weighted by Gasteiger charge is 2.31. The lowest BCUT2D eigenvalue weighted by atomic mass is 10.1. The van der Waals surface area contributed by atoms with Crippen LogP contribution >= 0.6 is 0 Å². The number of aryl methyl sites for hydroxylation is 1. The summed E-state index contributed by atoms with van der Waals surface area (Å²) in [5.41, 5.74) is 2.38. The average molecular weight is 324 g/mol. The maximum absolute atomic E-state index is 12.2. The molecule has 2 N–H and O–H groups in total. The number of hydrogen-bond donors (Lipinski definition) is 2. The number of anilines is 2. The molecule has 0 unspecified atom stereocenters. The SMILES string of the molecule is CNc1cc(C(=O)Nc2cccc(OC(F)(F)F)c2)ccc1C. The number of nitrogens with one attached hydrogen (secondary N) is 2. The first-order valence-electron chi connectivity index (χ1n) is 6.74. The zero-order valence-electron chi connectivity index (χ0n) is 12.5. The minimum Gasteiger partial charge on any atom is -0.406 e. The molecule has 23 heavy (non-hydrogen) atoms. The first-order chi connectivity index (χ1) is 10.8. The Balaban J connectivity index is 2.15. The first-order valence-corrected chi connectivity index (χ1v) is 6.74. The molecule has 4 nitrogen and oxygen atoms in total. The van der Waals surface area contributed by atoms with Gasteiger partial charge in [0.25, 0.3) is 5.91 Å². The molecule has 0 atom stereocenters. The van der Waals surface area contributed by atoms with Crippen LogP contribution in [0.3, 0.4) is 0 Å². The van der Waals surface area contributed by atoms with Gasteiger partial charge in [0.05, 0.1) is 0 Å². The summed E-state index contributed by atoms with van der Waals surface area (Å²) in [6.07, 6.45) is -4.78. The Morgan fingerprint density at radius 3 is 2.52 bits per heavy atom. The van der Waals surface area contributed by atoms with E-state index in [1.165, 1.54) is 12.1 Å². The van der Waals surface area contributed by atoms with Crippen molar-refractivity contribution in [3.05, 3.63) is 53.6 Å². The van der Waals surface area contributed by atoms with Crippen molar-refractivity contribution in [1.29, 1.82) is 0 Å². The molecule has 0 saturated carbocycles. The molecule has 0 aliphatic heterocycles. The summed E-state index contributed by atoms with van der Waals surface area (Å²) < 4.78 is 40.4. The number of carbonyl (C=O) groups is 1. The van der Waals surface area contributed by atoms with Gasteiger partial charge in [-0.15, -0.1) is 13.2 Å². The van der Waals surface area contributed by atoms with Crippen LogP contribution in [0.25, 0.3) is 0 Å². The Morgan fingerprint density at radius 1 is 1.13 bits per heavy atom. The second-order valence-electron chi connectivity index (χ2n) is 4.81. The van der Waals surface area contributed by atoms with Crippen LogP contribution in [0, 0.1) is 6.92 Å². The largest absolute Gasteiger partial charge is 0.573 e. The molecular weight excluding hydrogens is 309 g/mol. The molecule has 2 rings (SSSR count). The summed E-state index contributed by atoms with van der Waals surface area (Å²) >= 11 is 0. The molecule has 122 valence electrons. The normalized spacial score (nSPS) is 11.0. The number of benzene rings is 2. The van der Waals surface area contributed by atoms with Gasteiger partial charge >= 0.3 is 6.36 Å². The number of halogens is 3. The molecule has 0 heterocycles. The predicted molar refractivity (Wildman–Crippen MR) is 81.8 cm³/mol. The van der Waals surface area contributed by atoms with E-state index in [-0.39, 0.29) is 5.69 Å². The zero-order valence-corrected chi connectivity index (χ0v) is 12.5. The lowest BCUT2D eigenvalue weighted by molar-refractivity contribution is -0.274. The molecule has 0 radical (unpaired) electrons. The van der Waals surface area contributed by atoms with Gasteiger partial charge in [0.1, 0.15) is 5.75 Å². The molecule has 0 aromatic heterocycles. The Bertz CT molecular complexity index is 715. The van der Waals surface area contributed by atoms with Crippen LogP contribution in [-0.4, -0.2) is 19.3 Å². The summed E-state index contributed by atoms with van der Waals surface area (Å²) in [5.74, 6) is -0.819. The summed E-state index contributed by atoms with van der Waals surface area (Å²) in [5, 5.41) is 5.51. The van der Waals surface area contributed by atoms with E-state index in [2.05, 4.69) is 15.4 Å². The van der Waals surface area contributed by atoms with Crippen molar-refractivity contribution in [2.75, 3.05) is 17.7 Å². The van der Waals surface area contributed by atoms with E-state index in [1.807, 2.05) is 6.92 Å². The summed E-state index contributed by atoms with van der Waals surface area (Å²) in [6, 6.07) is 10.2. The van der Waals surface area contributed by atoms with E-state index >= 15 is 0 Å². The fourth-order valence-electron chi connectivity index (χ4n) is 2.01. The second-order valence-corrected chi connectivity index (χ2v) is 4.81. The molecule has 0 bridgehead atoms. The fraction of sp³-hybridized carbons (Fsp3) is 0.188. The highest BCUT2D eigenvalue weighted by Crippen LogP contribution is 2.25. The van der Waals surface area contributed by atoms with Crippen molar-refractivity contribution in [1.82, 2.24) is 0 Å². The van der Waals surface area contributed by atoms with E-state index in [0.717, 1.165) is 23.4 Å². The summed E-state index contributed by atoms with van der Waals surface area (Å²) in [7, 11) is 1.74. The number of amides is 1. The van der Waals surface area contributed by atoms with Crippen molar-refractivity contribution in [3.63, 3.8) is 0 Å². The molecule has 0 spiro atoms. The maximum atomic E-state index is 12.2. The number of alkyl halides is 3. The topological polar surface area (TPSA) is 50.4 Å². The van der Waals surface area contributed by atoms with Gasteiger partial charge in [-0.2, -0.15) is 0 Å². The highest BCUT2D eigenvalue weighted by atomic mass is 19.4. The van der Waals surface area contributed by atoms with E-state index in [9.17, 15) is 18.0 Å². The Labute approximate surface area is 131 Å². The third-order valence-corrected chi connectivity index (χ3v) is 3.09. The van der Waals surface area contributed by atoms with Crippen LogP contribution in [0.5, 0.6) is 5.75 Å². The van der Waals surface area contributed by atoms with Crippen LogP contribution in [0.1, 0.15) is 15.9 Å². The van der Waals surface area contributed by atoms with Gasteiger partial charge in [-0.05, 0) is 36.8 Å². The number of hydrogen-bond acceptors (Lipinski definition) is 3. The van der Waals surface area contributed by atoms with E-state index in [1.54, 1.807) is 25.2 Å². The van der Waals surface area contributed by atoms with Crippen LogP contribution in [0.4, 0.5) is 24.5 Å². The minimum atomic E-state index is -4.78. The molecular formula is C16H15F3N2O2. The van der Waals surface area contributed by atoms with Gasteiger partial charge < -0.3 is 15.4 Å². The molecule has 2 aromatic carbocycles. The molecule has 0 fully saturated rings. The molecule has 0 aliphatic rings. The lowest BCUT2D eigenvalue weighted by Gasteiger charge is -2.11. The Kier molecular flexibility index (Phi) is 4.78. The number of rotatable bonds is 4. The third-order valence-electron chi connectivity index (χ3n) is 3.09. The van der Waals surface area contributed by atoms with Crippen LogP contribution in [0.15, 0.2) is 42.5 Å². The minimum absolute atomic E-state index is 0.211. The van der Waals surface area contributed by atoms with Gasteiger partial charge in [0, 0.05) is 30.1 Å². The first kappa shape index (κ1) is 16.7. The van der Waals surface area contributed by atoms with Crippen molar-refractivity contribution in [2.45, 2.75) is 13.3 Å². The number of carbonyl (C=O) groups excluding carboxylic acids is 1. The van der Waals surface area contributed by atoms with Crippen LogP contribution in [0.2, 0.25) is 0 Å². The summed E-state index contributed by atoms with van der Waals surface area (Å²) in [6.45, 7) is 1.89. The van der Waals surface area contributed by atoms with Gasteiger partial charge in [-0.1, -0.05) is 12.1 Å². The fourth-order valence-corrected chi connectivity index (χ4v) is 2.01. The standard InChI is InChI=1S/C16H15F3N2O2/c1-10-6-7-11(8-14(10)20-2)15(22)21-12-4-3-5-13(9-12)23-16(17,18)19/h3-9,20H,1-2H3,(H,21,22). The van der Waals surface area contributed by atoms with Gasteiger partial charge in [0.2, 0.25) is 0 Å². The third kappa shape index (κ3) is 4.64. The van der Waals surface area contributed by atoms with Crippen molar-refractivity contribution < 1.29 is 22.7 Å².